The van der Waals surface area contributed by atoms with Gasteiger partial charge in [-0.2, -0.15) is 0 Å². The van der Waals surface area contributed by atoms with E-state index < -0.39 is 7.37 Å². The fourth-order valence-corrected chi connectivity index (χ4v) is 8.40. The zero-order valence-electron chi connectivity index (χ0n) is 11.7. The van der Waals surface area contributed by atoms with Crippen LogP contribution in [0.5, 0.6) is 0 Å². The SMILES string of the molecule is CC12C3CCC1C(COP2(=O)c1ccccc1)C(O)C3. The quantitative estimate of drug-likeness (QED) is 0.810. The molecule has 0 radical (unpaired) electrons. The second kappa shape index (κ2) is 4.19. The van der Waals surface area contributed by atoms with E-state index >= 15 is 0 Å². The molecule has 2 saturated carbocycles. The zero-order chi connectivity index (χ0) is 14.0. The number of aliphatic hydroxyl groups excluding tert-OH is 1. The highest BCUT2D eigenvalue weighted by Gasteiger charge is 2.67. The van der Waals surface area contributed by atoms with Gasteiger partial charge in [0.25, 0.3) is 0 Å². The Morgan fingerprint density at radius 3 is 2.80 bits per heavy atom. The van der Waals surface area contributed by atoms with Gasteiger partial charge in [0, 0.05) is 11.2 Å². The van der Waals surface area contributed by atoms with E-state index in [4.69, 9.17) is 4.52 Å². The van der Waals surface area contributed by atoms with Crippen molar-refractivity contribution in [2.45, 2.75) is 37.4 Å². The third kappa shape index (κ3) is 1.41. The number of rotatable bonds is 1. The molecule has 0 aromatic heterocycles. The lowest BCUT2D eigenvalue weighted by Gasteiger charge is -2.54. The molecule has 3 fully saturated rings. The number of aliphatic hydroxyl groups is 1. The molecule has 4 heteroatoms. The molecule has 6 unspecified atom stereocenters. The van der Waals surface area contributed by atoms with Gasteiger partial charge < -0.3 is 9.63 Å². The third-order valence-corrected chi connectivity index (χ3v) is 9.58. The van der Waals surface area contributed by atoms with E-state index in [9.17, 15) is 9.67 Å². The van der Waals surface area contributed by atoms with Crippen molar-refractivity contribution in [2.75, 3.05) is 6.61 Å². The topological polar surface area (TPSA) is 46.5 Å². The second-order valence-corrected chi connectivity index (χ2v) is 9.60. The van der Waals surface area contributed by atoms with Gasteiger partial charge in [0.05, 0.1) is 17.9 Å². The van der Waals surface area contributed by atoms with Crippen LogP contribution >= 0.6 is 7.37 Å². The van der Waals surface area contributed by atoms with Crippen molar-refractivity contribution in [1.29, 1.82) is 0 Å². The van der Waals surface area contributed by atoms with E-state index in [2.05, 4.69) is 6.92 Å². The van der Waals surface area contributed by atoms with Crippen LogP contribution in [0.1, 0.15) is 26.2 Å². The predicted molar refractivity (Wildman–Crippen MR) is 78.4 cm³/mol. The lowest BCUT2D eigenvalue weighted by atomic mass is 9.71. The first-order chi connectivity index (χ1) is 9.57. The van der Waals surface area contributed by atoms with Crippen LogP contribution in [0, 0.1) is 17.8 Å². The minimum absolute atomic E-state index is 0.171. The summed E-state index contributed by atoms with van der Waals surface area (Å²) in [5.74, 6) is 0.839. The molecule has 1 heterocycles. The van der Waals surface area contributed by atoms with Crippen molar-refractivity contribution >= 4 is 12.7 Å². The van der Waals surface area contributed by atoms with E-state index in [0.717, 1.165) is 24.6 Å². The second-order valence-electron chi connectivity index (χ2n) is 6.76. The number of benzene rings is 1. The van der Waals surface area contributed by atoms with E-state index in [1.807, 2.05) is 30.3 Å². The standard InChI is InChI=1S/C16H21O3P/c1-16-11-7-8-14(16)13(15(17)9-11)10-19-20(16,18)12-5-3-2-4-6-12/h2-6,11,13-15,17H,7-10H2,1H3. The number of hydrogen-bond donors (Lipinski definition) is 1. The molecule has 1 aromatic rings. The molecule has 3 aliphatic rings. The fraction of sp³-hybridized carbons (Fsp3) is 0.625. The van der Waals surface area contributed by atoms with Crippen LogP contribution < -0.4 is 5.30 Å². The summed E-state index contributed by atoms with van der Waals surface area (Å²) < 4.78 is 19.7. The molecular weight excluding hydrogens is 271 g/mol. The van der Waals surface area contributed by atoms with Crippen LogP contribution in [0.15, 0.2) is 30.3 Å². The van der Waals surface area contributed by atoms with E-state index in [-0.39, 0.29) is 17.2 Å². The summed E-state index contributed by atoms with van der Waals surface area (Å²) in [6.07, 6.45) is 2.68. The average Bonchev–Trinajstić information content (AvgIpc) is 2.69. The van der Waals surface area contributed by atoms with Gasteiger partial charge in [-0.15, -0.1) is 0 Å². The summed E-state index contributed by atoms with van der Waals surface area (Å²) in [5, 5.41) is 10.9. The maximum absolute atomic E-state index is 13.8. The molecule has 6 atom stereocenters. The van der Waals surface area contributed by atoms with Crippen LogP contribution in [0.3, 0.4) is 0 Å². The molecule has 4 rings (SSSR count). The van der Waals surface area contributed by atoms with E-state index in [1.165, 1.54) is 0 Å². The normalized spacial score (nSPS) is 50.1. The molecule has 4 bridgehead atoms. The zero-order valence-corrected chi connectivity index (χ0v) is 12.6. The van der Waals surface area contributed by atoms with Gasteiger partial charge in [0.15, 0.2) is 0 Å². The molecule has 1 aliphatic heterocycles. The largest absolute Gasteiger partial charge is 0.393 e. The molecule has 1 aromatic carbocycles. The highest BCUT2D eigenvalue weighted by molar-refractivity contribution is 7.68. The van der Waals surface area contributed by atoms with Gasteiger partial charge >= 0.3 is 0 Å². The minimum atomic E-state index is -2.86. The Labute approximate surface area is 119 Å². The van der Waals surface area contributed by atoms with Gasteiger partial charge in [-0.05, 0) is 50.2 Å². The first-order valence-corrected chi connectivity index (χ1v) is 9.18. The lowest BCUT2D eigenvalue weighted by molar-refractivity contribution is -0.0307. The van der Waals surface area contributed by atoms with Crippen molar-refractivity contribution in [3.05, 3.63) is 30.3 Å². The highest BCUT2D eigenvalue weighted by Crippen LogP contribution is 2.74. The summed E-state index contributed by atoms with van der Waals surface area (Å²) in [7, 11) is -2.86. The van der Waals surface area contributed by atoms with Crippen molar-refractivity contribution in [1.82, 2.24) is 0 Å². The van der Waals surface area contributed by atoms with Crippen LogP contribution in [0.2, 0.25) is 0 Å². The molecule has 0 spiro atoms. The maximum atomic E-state index is 13.8. The van der Waals surface area contributed by atoms with E-state index in [1.54, 1.807) is 0 Å². The molecule has 0 amide bonds. The summed E-state index contributed by atoms with van der Waals surface area (Å²) in [5.41, 5.74) is 0. The third-order valence-electron chi connectivity index (χ3n) is 6.12. The van der Waals surface area contributed by atoms with Crippen molar-refractivity contribution in [3.8, 4) is 0 Å². The molecule has 108 valence electrons. The Morgan fingerprint density at radius 1 is 1.30 bits per heavy atom. The molecule has 1 saturated heterocycles. The van der Waals surface area contributed by atoms with Crippen LogP contribution in [-0.4, -0.2) is 23.0 Å². The Kier molecular flexibility index (Phi) is 2.74. The minimum Gasteiger partial charge on any atom is -0.393 e. The lowest BCUT2D eigenvalue weighted by Crippen LogP contribution is -2.55. The Morgan fingerprint density at radius 2 is 2.05 bits per heavy atom. The summed E-state index contributed by atoms with van der Waals surface area (Å²) in [6, 6.07) is 9.71. The molecule has 1 N–H and O–H groups in total. The van der Waals surface area contributed by atoms with Crippen molar-refractivity contribution in [3.63, 3.8) is 0 Å². The fourth-order valence-electron chi connectivity index (χ4n) is 5.00. The van der Waals surface area contributed by atoms with Gasteiger partial charge in [0.1, 0.15) is 0 Å². The molecule has 20 heavy (non-hydrogen) atoms. The van der Waals surface area contributed by atoms with Gasteiger partial charge in [0.2, 0.25) is 7.37 Å². The Balaban J connectivity index is 1.86. The summed E-state index contributed by atoms with van der Waals surface area (Å²) in [4.78, 5) is 0. The Bertz CT molecular complexity index is 572. The smallest absolute Gasteiger partial charge is 0.238 e. The van der Waals surface area contributed by atoms with Crippen LogP contribution in [0.4, 0.5) is 0 Å². The summed E-state index contributed by atoms with van der Waals surface area (Å²) in [6.45, 7) is 2.60. The monoisotopic (exact) mass is 292 g/mol. The predicted octanol–water partition coefficient (Wildman–Crippen LogP) is 2.79. The van der Waals surface area contributed by atoms with Gasteiger partial charge in [-0.3, -0.25) is 4.57 Å². The molecule has 3 nitrogen and oxygen atoms in total. The molecular formula is C16H21O3P. The first kappa shape index (κ1) is 13.1. The van der Waals surface area contributed by atoms with E-state index in [0.29, 0.717) is 18.4 Å². The van der Waals surface area contributed by atoms with Gasteiger partial charge in [-0.25, -0.2) is 0 Å². The first-order valence-electron chi connectivity index (χ1n) is 7.56. The van der Waals surface area contributed by atoms with Crippen LogP contribution in [0.25, 0.3) is 0 Å². The van der Waals surface area contributed by atoms with Gasteiger partial charge in [-0.1, -0.05) is 18.2 Å². The van der Waals surface area contributed by atoms with Crippen LogP contribution in [-0.2, 0) is 9.09 Å². The number of hydrogen-bond acceptors (Lipinski definition) is 3. The molecule has 2 aliphatic carbocycles. The van der Waals surface area contributed by atoms with Crippen molar-refractivity contribution in [2.24, 2.45) is 17.8 Å². The Hall–Kier alpha value is -0.630. The van der Waals surface area contributed by atoms with Crippen molar-refractivity contribution < 1.29 is 14.2 Å². The summed E-state index contributed by atoms with van der Waals surface area (Å²) >= 11 is 0. The highest BCUT2D eigenvalue weighted by atomic mass is 31.2. The average molecular weight is 292 g/mol. The maximum Gasteiger partial charge on any atom is 0.238 e.